The van der Waals surface area contributed by atoms with Crippen LogP contribution in [0.15, 0.2) is 0 Å². The van der Waals surface area contributed by atoms with Gasteiger partial charge in [0.2, 0.25) is 0 Å². The van der Waals surface area contributed by atoms with Crippen LogP contribution in [0.4, 0.5) is 0 Å². The molecule has 24 heavy (non-hydrogen) atoms. The lowest BCUT2D eigenvalue weighted by atomic mass is 9.88. The van der Waals surface area contributed by atoms with Crippen LogP contribution >= 0.6 is 0 Å². The molecule has 0 heterocycles. The average Bonchev–Trinajstić information content (AvgIpc) is 2.41. The fourth-order valence-corrected chi connectivity index (χ4v) is 12.4. The highest BCUT2D eigenvalue weighted by atomic mass is 28.4. The monoisotopic (exact) mass is 391 g/mol. The van der Waals surface area contributed by atoms with Crippen LogP contribution in [-0.2, 0) is 18.1 Å². The fraction of sp³-hybridized carbons (Fsp3) is 0.941. The predicted octanol–water partition coefficient (Wildman–Crippen LogP) is 5.70. The first-order chi connectivity index (χ1) is 10.7. The fourth-order valence-electron chi connectivity index (χ4n) is 3.08. The lowest BCUT2D eigenvalue weighted by Gasteiger charge is -2.34. The lowest BCUT2D eigenvalue weighted by molar-refractivity contribution is -0.145. The summed E-state index contributed by atoms with van der Waals surface area (Å²) in [6.45, 7) is 18.0. The van der Waals surface area contributed by atoms with Crippen LogP contribution in [0.3, 0.4) is 0 Å². The van der Waals surface area contributed by atoms with Crippen molar-refractivity contribution in [2.24, 2.45) is 5.41 Å². The van der Waals surface area contributed by atoms with E-state index in [4.69, 9.17) is 8.54 Å². The molecule has 0 aromatic carbocycles. The Morgan fingerprint density at radius 1 is 0.958 bits per heavy atom. The van der Waals surface area contributed by atoms with Crippen molar-refractivity contribution in [3.05, 3.63) is 0 Å². The maximum Gasteiger partial charge on any atom is 0.357 e. The molecule has 7 heteroatoms. The Hall–Kier alpha value is 0.0406. The molecule has 0 saturated carbocycles. The SMILES string of the molecule is CC[Si](CC)(CC)OC(=O)C(C)(C)CCC[Si](C)(C)O[Si](C)(C)[O]. The molecule has 0 aliphatic rings. The molecule has 0 spiro atoms. The van der Waals surface area contributed by atoms with E-state index in [0.717, 1.165) is 37.0 Å². The molecule has 0 atom stereocenters. The molecule has 0 unspecified atom stereocenters. The topological polar surface area (TPSA) is 55.4 Å². The normalized spacial score (nSPS) is 13.9. The van der Waals surface area contributed by atoms with E-state index in [0.29, 0.717) is 0 Å². The van der Waals surface area contributed by atoms with Gasteiger partial charge in [0, 0.05) is 0 Å². The first-order valence-corrected chi connectivity index (χ1v) is 17.8. The molecule has 0 aliphatic heterocycles. The number of hydrogen-bond donors (Lipinski definition) is 0. The minimum Gasteiger partial charge on any atom is -0.519 e. The van der Waals surface area contributed by atoms with Crippen molar-refractivity contribution in [1.29, 1.82) is 0 Å². The van der Waals surface area contributed by atoms with E-state index in [9.17, 15) is 9.59 Å². The Morgan fingerprint density at radius 2 is 1.42 bits per heavy atom. The Balaban J connectivity index is 4.66. The molecule has 143 valence electrons. The molecule has 0 aromatic rings. The summed E-state index contributed by atoms with van der Waals surface area (Å²) in [4.78, 5) is 24.6. The molecule has 0 N–H and O–H groups in total. The Bertz CT molecular complexity index is 391. The smallest absolute Gasteiger partial charge is 0.357 e. The standard InChI is InChI=1S/C17H39O4Si3/c1-10-24(11-2,12-3)20-16(18)17(4,5)14-13-15-22(6,7)21-23(8,9)19/h10-15H2,1-9H3. The molecule has 0 amide bonds. The minimum atomic E-state index is -2.73. The molecule has 0 aromatic heterocycles. The van der Waals surface area contributed by atoms with Crippen molar-refractivity contribution in [3.8, 4) is 0 Å². The summed E-state index contributed by atoms with van der Waals surface area (Å²) >= 11 is 0. The number of carbonyl (C=O) groups is 1. The van der Waals surface area contributed by atoms with Crippen molar-refractivity contribution in [1.82, 2.24) is 0 Å². The van der Waals surface area contributed by atoms with Crippen LogP contribution in [0.5, 0.6) is 0 Å². The summed E-state index contributed by atoms with van der Waals surface area (Å²) in [6, 6.07) is 3.87. The summed E-state index contributed by atoms with van der Waals surface area (Å²) < 4.78 is 11.9. The number of rotatable bonds is 11. The van der Waals surface area contributed by atoms with E-state index >= 15 is 0 Å². The van der Waals surface area contributed by atoms with Crippen LogP contribution < -0.4 is 0 Å². The first kappa shape index (κ1) is 24.0. The second-order valence-corrected chi connectivity index (χ2v) is 21.0. The van der Waals surface area contributed by atoms with Crippen molar-refractivity contribution in [3.63, 3.8) is 0 Å². The Labute approximate surface area is 152 Å². The zero-order chi connectivity index (χ0) is 19.2. The van der Waals surface area contributed by atoms with Crippen LogP contribution in [0.1, 0.15) is 47.5 Å². The maximum absolute atomic E-state index is 12.7. The van der Waals surface area contributed by atoms with E-state index < -0.39 is 30.6 Å². The number of hydrogen-bond acceptors (Lipinski definition) is 3. The van der Waals surface area contributed by atoms with Crippen LogP contribution in [-0.4, -0.2) is 31.2 Å². The zero-order valence-electron chi connectivity index (χ0n) is 17.4. The summed E-state index contributed by atoms with van der Waals surface area (Å²) in [5, 5.41) is 0. The van der Waals surface area contributed by atoms with E-state index in [1.54, 1.807) is 13.1 Å². The molecule has 0 fully saturated rings. The Morgan fingerprint density at radius 3 is 1.79 bits per heavy atom. The van der Waals surface area contributed by atoms with Gasteiger partial charge in [-0.15, -0.1) is 0 Å². The second-order valence-electron chi connectivity index (χ2n) is 8.63. The van der Waals surface area contributed by atoms with Gasteiger partial charge in [0.1, 0.15) is 0 Å². The van der Waals surface area contributed by atoms with Crippen LogP contribution in [0, 0.1) is 5.41 Å². The van der Waals surface area contributed by atoms with Crippen molar-refractivity contribution in [2.75, 3.05) is 0 Å². The highest BCUT2D eigenvalue weighted by Crippen LogP contribution is 2.32. The molecular weight excluding hydrogens is 352 g/mol. The van der Waals surface area contributed by atoms with Gasteiger partial charge in [-0.2, -0.15) is 0 Å². The van der Waals surface area contributed by atoms with Gasteiger partial charge in [0.05, 0.1) is 5.41 Å². The third-order valence-electron chi connectivity index (χ3n) is 4.90. The first-order valence-electron chi connectivity index (χ1n) is 9.36. The molecule has 4 nitrogen and oxygen atoms in total. The molecular formula is C17H39O4Si3. The van der Waals surface area contributed by atoms with Gasteiger partial charge in [0.15, 0.2) is 8.32 Å². The van der Waals surface area contributed by atoms with E-state index in [2.05, 4.69) is 33.9 Å². The zero-order valence-corrected chi connectivity index (χ0v) is 20.4. The van der Waals surface area contributed by atoms with E-state index in [1.807, 2.05) is 13.8 Å². The van der Waals surface area contributed by atoms with Gasteiger partial charge in [-0.25, -0.2) is 0 Å². The van der Waals surface area contributed by atoms with Gasteiger partial charge >= 0.3 is 8.56 Å². The summed E-state index contributed by atoms with van der Waals surface area (Å²) in [6.07, 6.45) is 1.69. The van der Waals surface area contributed by atoms with E-state index in [1.165, 1.54) is 0 Å². The maximum atomic E-state index is 12.7. The molecule has 0 bridgehead atoms. The average molecular weight is 392 g/mol. The largest absolute Gasteiger partial charge is 0.519 e. The van der Waals surface area contributed by atoms with Gasteiger partial charge < -0.3 is 8.54 Å². The molecule has 0 aliphatic carbocycles. The lowest BCUT2D eigenvalue weighted by Crippen LogP contribution is -2.44. The predicted molar refractivity (Wildman–Crippen MR) is 108 cm³/mol. The third kappa shape index (κ3) is 8.42. The van der Waals surface area contributed by atoms with Crippen molar-refractivity contribution >= 4 is 31.2 Å². The second kappa shape index (κ2) is 9.12. The van der Waals surface area contributed by atoms with Crippen molar-refractivity contribution in [2.45, 2.75) is 97.8 Å². The highest BCUT2D eigenvalue weighted by Gasteiger charge is 2.39. The van der Waals surface area contributed by atoms with Gasteiger partial charge in [-0.1, -0.05) is 27.2 Å². The van der Waals surface area contributed by atoms with Crippen molar-refractivity contribution < 1.29 is 18.1 Å². The van der Waals surface area contributed by atoms with Crippen LogP contribution in [0.2, 0.25) is 50.4 Å². The van der Waals surface area contributed by atoms with Crippen LogP contribution in [0.25, 0.3) is 0 Å². The molecule has 0 saturated heterocycles. The van der Waals surface area contributed by atoms with E-state index in [-0.39, 0.29) is 5.97 Å². The molecule has 1 radical (unpaired) electrons. The van der Waals surface area contributed by atoms with Gasteiger partial charge in [-0.05, 0) is 70.6 Å². The van der Waals surface area contributed by atoms with Gasteiger partial charge in [0.25, 0.3) is 14.3 Å². The summed E-state index contributed by atoms with van der Waals surface area (Å²) in [5.41, 5.74) is -0.466. The quantitative estimate of drug-likeness (QED) is 0.425. The third-order valence-corrected chi connectivity index (χ3v) is 15.1. The minimum absolute atomic E-state index is 0.0429. The summed E-state index contributed by atoms with van der Waals surface area (Å²) in [7, 11) is -6.57. The highest BCUT2D eigenvalue weighted by molar-refractivity contribution is 6.81. The number of carbonyl (C=O) groups excluding carboxylic acids is 1. The van der Waals surface area contributed by atoms with Gasteiger partial charge in [-0.3, -0.25) is 9.59 Å². The summed E-state index contributed by atoms with van der Waals surface area (Å²) in [5.74, 6) is -0.0429. The Kier molecular flexibility index (Phi) is 9.13. The molecule has 0 rings (SSSR count).